The van der Waals surface area contributed by atoms with Crippen molar-refractivity contribution in [2.75, 3.05) is 7.11 Å². The number of aryl methyl sites for hydroxylation is 2. The van der Waals surface area contributed by atoms with Gasteiger partial charge in [0.05, 0.1) is 0 Å². The molecule has 0 radical (unpaired) electrons. The van der Waals surface area contributed by atoms with Crippen molar-refractivity contribution in [1.82, 2.24) is 5.32 Å². The van der Waals surface area contributed by atoms with Crippen LogP contribution in [0.25, 0.3) is 0 Å². The quantitative estimate of drug-likeness (QED) is 0.812. The van der Waals surface area contributed by atoms with Crippen LogP contribution in [-0.2, 0) is 20.7 Å². The maximum atomic E-state index is 12.5. The Morgan fingerprint density at radius 3 is 2.32 bits per heavy atom. The number of methoxy groups -OCH3 is 1. The summed E-state index contributed by atoms with van der Waals surface area (Å²) < 4.78 is 5.26. The minimum atomic E-state index is -1.07. The molecule has 2 aromatic rings. The normalized spacial score (nSPS) is 13.1. The summed E-state index contributed by atoms with van der Waals surface area (Å²) >= 11 is 0. The lowest BCUT2D eigenvalue weighted by molar-refractivity contribution is -0.144. The number of aliphatic carboxylic acids is 1. The number of carbonyl (C=O) groups excluding carboxylic acids is 1. The van der Waals surface area contributed by atoms with Crippen molar-refractivity contribution in [3.63, 3.8) is 0 Å². The molecule has 2 atom stereocenters. The molecular weight excluding hydrogens is 318 g/mol. The van der Waals surface area contributed by atoms with Crippen molar-refractivity contribution in [2.24, 2.45) is 0 Å². The van der Waals surface area contributed by atoms with Gasteiger partial charge in [-0.1, -0.05) is 48.5 Å². The van der Waals surface area contributed by atoms with E-state index < -0.39 is 24.0 Å². The first-order chi connectivity index (χ1) is 11.9. The summed E-state index contributed by atoms with van der Waals surface area (Å²) in [7, 11) is 1.43. The number of nitrogens with one attached hydrogen (secondary N) is 1. The molecule has 5 nitrogen and oxygen atoms in total. The van der Waals surface area contributed by atoms with Crippen LogP contribution in [0.15, 0.2) is 48.5 Å². The van der Waals surface area contributed by atoms with Crippen LogP contribution in [0.3, 0.4) is 0 Å². The largest absolute Gasteiger partial charge is 0.480 e. The van der Waals surface area contributed by atoms with Crippen LogP contribution in [0.4, 0.5) is 0 Å². The van der Waals surface area contributed by atoms with Gasteiger partial charge in [-0.3, -0.25) is 4.79 Å². The zero-order valence-electron chi connectivity index (χ0n) is 14.7. The first kappa shape index (κ1) is 18.7. The Hall–Kier alpha value is -2.66. The smallest absolute Gasteiger partial charge is 0.326 e. The van der Waals surface area contributed by atoms with Crippen LogP contribution in [0.5, 0.6) is 0 Å². The highest BCUT2D eigenvalue weighted by Crippen LogP contribution is 2.17. The van der Waals surface area contributed by atoms with Gasteiger partial charge in [-0.2, -0.15) is 0 Å². The molecule has 0 aliphatic rings. The Bertz CT molecular complexity index is 743. The average Bonchev–Trinajstić information content (AvgIpc) is 2.59. The van der Waals surface area contributed by atoms with E-state index in [4.69, 9.17) is 4.74 Å². The van der Waals surface area contributed by atoms with Gasteiger partial charge in [0.15, 0.2) is 6.10 Å². The summed E-state index contributed by atoms with van der Waals surface area (Å²) in [5.41, 5.74) is 3.78. The highest BCUT2D eigenvalue weighted by atomic mass is 16.5. The Morgan fingerprint density at radius 1 is 1.08 bits per heavy atom. The number of rotatable bonds is 7. The van der Waals surface area contributed by atoms with E-state index in [1.165, 1.54) is 7.11 Å². The maximum Gasteiger partial charge on any atom is 0.326 e. The molecule has 5 heteroatoms. The molecule has 2 rings (SSSR count). The predicted octanol–water partition coefficient (Wildman–Crippen LogP) is 2.80. The third-order valence-electron chi connectivity index (χ3n) is 4.20. The molecule has 1 amide bonds. The molecule has 0 bridgehead atoms. The van der Waals surface area contributed by atoms with Gasteiger partial charge in [0.2, 0.25) is 0 Å². The first-order valence-electron chi connectivity index (χ1n) is 8.09. The molecule has 0 saturated carbocycles. The first-order valence-corrected chi connectivity index (χ1v) is 8.09. The molecule has 0 aliphatic heterocycles. The molecule has 0 fully saturated rings. The molecule has 0 heterocycles. The fourth-order valence-electron chi connectivity index (χ4n) is 2.64. The van der Waals surface area contributed by atoms with E-state index in [1.54, 1.807) is 24.3 Å². The SMILES string of the molecule is CO[C@@H](C(=O)N[C@@H](Cc1ccc(C)c(C)c1)C(=O)O)c1ccccc1. The molecule has 25 heavy (non-hydrogen) atoms. The zero-order chi connectivity index (χ0) is 18.4. The Balaban J connectivity index is 2.13. The van der Waals surface area contributed by atoms with Gasteiger partial charge in [0, 0.05) is 13.5 Å². The third kappa shape index (κ3) is 4.90. The summed E-state index contributed by atoms with van der Waals surface area (Å²) in [5.74, 6) is -1.54. The molecule has 132 valence electrons. The fourth-order valence-corrected chi connectivity index (χ4v) is 2.64. The molecule has 2 N–H and O–H groups in total. The van der Waals surface area contributed by atoms with Gasteiger partial charge in [-0.05, 0) is 36.1 Å². The van der Waals surface area contributed by atoms with Crippen LogP contribution in [0.2, 0.25) is 0 Å². The number of hydrogen-bond acceptors (Lipinski definition) is 3. The Kier molecular flexibility index (Phi) is 6.31. The van der Waals surface area contributed by atoms with Crippen LogP contribution in [0.1, 0.15) is 28.4 Å². The molecule has 0 aliphatic carbocycles. The molecule has 0 saturated heterocycles. The summed E-state index contributed by atoms with van der Waals surface area (Å²) in [6.45, 7) is 3.97. The lowest BCUT2D eigenvalue weighted by Gasteiger charge is -2.20. The highest BCUT2D eigenvalue weighted by molar-refractivity contribution is 5.87. The zero-order valence-corrected chi connectivity index (χ0v) is 14.7. The lowest BCUT2D eigenvalue weighted by Crippen LogP contribution is -2.44. The fraction of sp³-hybridized carbons (Fsp3) is 0.300. The number of benzene rings is 2. The molecule has 0 aromatic heterocycles. The number of hydrogen-bond donors (Lipinski definition) is 2. The minimum Gasteiger partial charge on any atom is -0.480 e. The van der Waals surface area contributed by atoms with E-state index >= 15 is 0 Å². The molecule has 0 unspecified atom stereocenters. The van der Waals surface area contributed by atoms with E-state index in [0.717, 1.165) is 16.7 Å². The second-order valence-corrected chi connectivity index (χ2v) is 6.05. The van der Waals surface area contributed by atoms with Crippen molar-refractivity contribution < 1.29 is 19.4 Å². The van der Waals surface area contributed by atoms with Crippen LogP contribution >= 0.6 is 0 Å². The van der Waals surface area contributed by atoms with E-state index in [2.05, 4.69) is 5.32 Å². The van der Waals surface area contributed by atoms with Gasteiger partial charge >= 0.3 is 5.97 Å². The van der Waals surface area contributed by atoms with Crippen molar-refractivity contribution in [3.05, 3.63) is 70.8 Å². The molecule has 0 spiro atoms. The van der Waals surface area contributed by atoms with Gasteiger partial charge in [0.1, 0.15) is 6.04 Å². The summed E-state index contributed by atoms with van der Waals surface area (Å²) in [6.07, 6.45) is -0.629. The highest BCUT2D eigenvalue weighted by Gasteiger charge is 2.26. The van der Waals surface area contributed by atoms with Crippen LogP contribution in [0, 0.1) is 13.8 Å². The number of carboxylic acid groups (broad SMARTS) is 1. The van der Waals surface area contributed by atoms with E-state index in [-0.39, 0.29) is 6.42 Å². The summed E-state index contributed by atoms with van der Waals surface area (Å²) in [4.78, 5) is 24.1. The van der Waals surface area contributed by atoms with Gasteiger partial charge < -0.3 is 15.2 Å². The van der Waals surface area contributed by atoms with Crippen molar-refractivity contribution in [2.45, 2.75) is 32.4 Å². The van der Waals surface area contributed by atoms with E-state index in [1.807, 2.05) is 38.1 Å². The predicted molar refractivity (Wildman–Crippen MR) is 95.4 cm³/mol. The second-order valence-electron chi connectivity index (χ2n) is 6.05. The number of carbonyl (C=O) groups is 2. The third-order valence-corrected chi connectivity index (χ3v) is 4.20. The number of amides is 1. The second kappa shape index (κ2) is 8.44. The monoisotopic (exact) mass is 341 g/mol. The van der Waals surface area contributed by atoms with Crippen molar-refractivity contribution >= 4 is 11.9 Å². The van der Waals surface area contributed by atoms with Gasteiger partial charge in [-0.25, -0.2) is 4.79 Å². The minimum absolute atomic E-state index is 0.216. The van der Waals surface area contributed by atoms with Crippen LogP contribution in [-0.4, -0.2) is 30.1 Å². The van der Waals surface area contributed by atoms with Crippen molar-refractivity contribution in [1.29, 1.82) is 0 Å². The maximum absolute atomic E-state index is 12.5. The topological polar surface area (TPSA) is 75.6 Å². The Morgan fingerprint density at radius 2 is 1.76 bits per heavy atom. The summed E-state index contributed by atoms with van der Waals surface area (Å²) in [5, 5.41) is 12.1. The van der Waals surface area contributed by atoms with Gasteiger partial charge in [0.25, 0.3) is 5.91 Å². The van der Waals surface area contributed by atoms with Gasteiger partial charge in [-0.15, -0.1) is 0 Å². The number of carboxylic acids is 1. The average molecular weight is 341 g/mol. The standard InChI is InChI=1S/C20H23NO4/c1-13-9-10-15(11-14(13)2)12-17(20(23)24)21-19(22)18(25-3)16-7-5-4-6-8-16/h4-11,17-18H,12H2,1-3H3,(H,21,22)(H,23,24)/t17-,18+/m0/s1. The summed E-state index contributed by atoms with van der Waals surface area (Å²) in [6, 6.07) is 13.8. The van der Waals surface area contributed by atoms with Crippen molar-refractivity contribution in [3.8, 4) is 0 Å². The molecular formula is C20H23NO4. The lowest BCUT2D eigenvalue weighted by atomic mass is 10.0. The Labute approximate surface area is 147 Å². The molecule has 2 aromatic carbocycles. The van der Waals surface area contributed by atoms with E-state index in [0.29, 0.717) is 5.56 Å². The van der Waals surface area contributed by atoms with Crippen LogP contribution < -0.4 is 5.32 Å². The van der Waals surface area contributed by atoms with E-state index in [9.17, 15) is 14.7 Å². The number of ether oxygens (including phenoxy) is 1.